The Hall–Kier alpha value is 0.0249. The molecule has 0 saturated carbocycles. The molecule has 1 heterocycles. The van der Waals surface area contributed by atoms with Crippen LogP contribution < -0.4 is 0 Å². The van der Waals surface area contributed by atoms with E-state index in [-0.39, 0.29) is 0 Å². The van der Waals surface area contributed by atoms with E-state index in [2.05, 4.69) is 28.1 Å². The van der Waals surface area contributed by atoms with Crippen LogP contribution in [-0.4, -0.2) is 19.9 Å². The van der Waals surface area contributed by atoms with E-state index in [4.69, 9.17) is 4.74 Å². The Morgan fingerprint density at radius 1 is 1.56 bits per heavy atom. The van der Waals surface area contributed by atoms with E-state index >= 15 is 0 Å². The standard InChI is InChI=1S/C7H14BO/c1-7(2,3)5-8-6-4-9-6/h6H,4-5H2,1-3H3. The van der Waals surface area contributed by atoms with Crippen LogP contribution in [0.15, 0.2) is 0 Å². The molecule has 51 valence electrons. The van der Waals surface area contributed by atoms with Gasteiger partial charge in [0.1, 0.15) is 0 Å². The molecule has 0 spiro atoms. The van der Waals surface area contributed by atoms with Crippen LogP contribution in [0.1, 0.15) is 20.8 Å². The smallest absolute Gasteiger partial charge is 0.153 e. The lowest BCUT2D eigenvalue weighted by atomic mass is 9.62. The minimum absolute atomic E-state index is 0.436. The van der Waals surface area contributed by atoms with E-state index in [1.54, 1.807) is 0 Å². The first-order valence-corrected chi connectivity index (χ1v) is 3.53. The quantitative estimate of drug-likeness (QED) is 0.402. The third-order valence-electron chi connectivity index (χ3n) is 1.35. The van der Waals surface area contributed by atoms with Crippen LogP contribution in [0.4, 0.5) is 0 Å². The third-order valence-corrected chi connectivity index (χ3v) is 1.35. The molecule has 1 unspecified atom stereocenters. The van der Waals surface area contributed by atoms with Gasteiger partial charge in [-0.3, -0.25) is 0 Å². The molecular weight excluding hydrogens is 111 g/mol. The highest BCUT2D eigenvalue weighted by Crippen LogP contribution is 2.21. The molecule has 0 aromatic rings. The van der Waals surface area contributed by atoms with Crippen molar-refractivity contribution in [3.05, 3.63) is 0 Å². The van der Waals surface area contributed by atoms with Gasteiger partial charge in [0.25, 0.3) is 0 Å². The molecule has 1 aliphatic heterocycles. The summed E-state index contributed by atoms with van der Waals surface area (Å²) in [5, 5.41) is 0. The summed E-state index contributed by atoms with van der Waals surface area (Å²) in [5.41, 5.74) is 0.436. The zero-order valence-electron chi connectivity index (χ0n) is 6.48. The maximum Gasteiger partial charge on any atom is 0.153 e. The lowest BCUT2D eigenvalue weighted by Gasteiger charge is -2.15. The minimum Gasteiger partial charge on any atom is -0.383 e. The van der Waals surface area contributed by atoms with Gasteiger partial charge in [0.15, 0.2) is 7.28 Å². The van der Waals surface area contributed by atoms with Gasteiger partial charge in [0, 0.05) is 6.00 Å². The molecule has 1 nitrogen and oxygen atoms in total. The number of rotatable bonds is 2. The molecule has 1 atom stereocenters. The van der Waals surface area contributed by atoms with Crippen molar-refractivity contribution in [2.45, 2.75) is 33.1 Å². The van der Waals surface area contributed by atoms with Gasteiger partial charge in [0.05, 0.1) is 6.61 Å². The summed E-state index contributed by atoms with van der Waals surface area (Å²) in [6.45, 7) is 7.68. The van der Waals surface area contributed by atoms with Crippen molar-refractivity contribution >= 4 is 7.28 Å². The zero-order valence-corrected chi connectivity index (χ0v) is 6.48. The number of hydrogen-bond acceptors (Lipinski definition) is 1. The summed E-state index contributed by atoms with van der Waals surface area (Å²) in [6.07, 6.45) is 1.16. The fourth-order valence-electron chi connectivity index (χ4n) is 0.677. The summed E-state index contributed by atoms with van der Waals surface area (Å²) in [7, 11) is 2.26. The molecule has 1 saturated heterocycles. The molecule has 0 bridgehead atoms. The lowest BCUT2D eigenvalue weighted by Crippen LogP contribution is -2.12. The molecule has 0 aliphatic carbocycles. The Morgan fingerprint density at radius 3 is 2.44 bits per heavy atom. The highest BCUT2D eigenvalue weighted by Gasteiger charge is 2.25. The van der Waals surface area contributed by atoms with Crippen LogP contribution in [0.3, 0.4) is 0 Å². The van der Waals surface area contributed by atoms with Crippen LogP contribution >= 0.6 is 0 Å². The van der Waals surface area contributed by atoms with Gasteiger partial charge in [-0.25, -0.2) is 0 Å². The van der Waals surface area contributed by atoms with Gasteiger partial charge in [-0.15, -0.1) is 0 Å². The first kappa shape index (κ1) is 7.14. The molecule has 0 aromatic carbocycles. The average Bonchev–Trinajstić information content (AvgIpc) is 2.38. The average molecular weight is 125 g/mol. The second-order valence-electron chi connectivity index (χ2n) is 3.87. The summed E-state index contributed by atoms with van der Waals surface area (Å²) in [4.78, 5) is 0. The highest BCUT2D eigenvalue weighted by molar-refractivity contribution is 6.38. The number of epoxide rings is 1. The van der Waals surface area contributed by atoms with Gasteiger partial charge in [0.2, 0.25) is 0 Å². The van der Waals surface area contributed by atoms with Gasteiger partial charge >= 0.3 is 0 Å². The second kappa shape index (κ2) is 2.33. The van der Waals surface area contributed by atoms with Crippen LogP contribution in [0.5, 0.6) is 0 Å². The molecule has 1 rings (SSSR count). The van der Waals surface area contributed by atoms with E-state index in [9.17, 15) is 0 Å². The molecule has 0 aromatic heterocycles. The van der Waals surface area contributed by atoms with Crippen molar-refractivity contribution in [1.82, 2.24) is 0 Å². The van der Waals surface area contributed by atoms with Crippen LogP contribution in [0.2, 0.25) is 6.32 Å². The lowest BCUT2D eigenvalue weighted by molar-refractivity contribution is 0.439. The normalized spacial score (nSPS) is 25.9. The number of hydrogen-bond donors (Lipinski definition) is 0. The van der Waals surface area contributed by atoms with E-state index in [0.29, 0.717) is 11.4 Å². The van der Waals surface area contributed by atoms with Crippen molar-refractivity contribution in [3.8, 4) is 0 Å². The van der Waals surface area contributed by atoms with Crippen molar-refractivity contribution in [2.24, 2.45) is 5.41 Å². The summed E-state index contributed by atoms with van der Waals surface area (Å²) < 4.78 is 5.05. The van der Waals surface area contributed by atoms with E-state index in [0.717, 1.165) is 12.9 Å². The monoisotopic (exact) mass is 125 g/mol. The molecule has 0 N–H and O–H groups in total. The largest absolute Gasteiger partial charge is 0.383 e. The Kier molecular flexibility index (Phi) is 1.85. The van der Waals surface area contributed by atoms with Crippen molar-refractivity contribution in [2.75, 3.05) is 6.61 Å². The van der Waals surface area contributed by atoms with Crippen molar-refractivity contribution < 1.29 is 4.74 Å². The van der Waals surface area contributed by atoms with Crippen LogP contribution in [-0.2, 0) is 4.74 Å². The highest BCUT2D eigenvalue weighted by atomic mass is 16.6. The molecule has 1 aliphatic rings. The topological polar surface area (TPSA) is 12.5 Å². The SMILES string of the molecule is CC(C)(C)C[B]C1CO1. The zero-order chi connectivity index (χ0) is 6.91. The molecular formula is C7H14BO. The maximum atomic E-state index is 5.05. The molecule has 1 fully saturated rings. The first-order valence-electron chi connectivity index (χ1n) is 3.53. The fourth-order valence-corrected chi connectivity index (χ4v) is 0.677. The van der Waals surface area contributed by atoms with Crippen molar-refractivity contribution in [1.29, 1.82) is 0 Å². The summed E-state index contributed by atoms with van der Waals surface area (Å²) >= 11 is 0. The van der Waals surface area contributed by atoms with E-state index in [1.807, 2.05) is 0 Å². The predicted octanol–water partition coefficient (Wildman–Crippen LogP) is 1.51. The van der Waals surface area contributed by atoms with E-state index < -0.39 is 0 Å². The van der Waals surface area contributed by atoms with Gasteiger partial charge in [-0.2, -0.15) is 0 Å². The minimum atomic E-state index is 0.436. The predicted molar refractivity (Wildman–Crippen MR) is 39.8 cm³/mol. The number of ether oxygens (including phenoxy) is 1. The Morgan fingerprint density at radius 2 is 2.11 bits per heavy atom. The van der Waals surface area contributed by atoms with Gasteiger partial charge in [-0.05, 0) is 5.41 Å². The van der Waals surface area contributed by atoms with Crippen molar-refractivity contribution in [3.63, 3.8) is 0 Å². The van der Waals surface area contributed by atoms with Crippen LogP contribution in [0.25, 0.3) is 0 Å². The molecule has 1 radical (unpaired) electrons. The Bertz CT molecular complexity index is 91.6. The van der Waals surface area contributed by atoms with E-state index in [1.165, 1.54) is 0 Å². The van der Waals surface area contributed by atoms with Crippen LogP contribution in [0, 0.1) is 5.41 Å². The Balaban J connectivity index is 2.03. The fraction of sp³-hybridized carbons (Fsp3) is 1.00. The second-order valence-corrected chi connectivity index (χ2v) is 3.87. The third kappa shape index (κ3) is 3.58. The summed E-state index contributed by atoms with van der Waals surface area (Å²) in [5.74, 6) is 0. The molecule has 9 heavy (non-hydrogen) atoms. The maximum absolute atomic E-state index is 5.05. The Labute approximate surface area is 58.0 Å². The van der Waals surface area contributed by atoms with Gasteiger partial charge in [-0.1, -0.05) is 27.1 Å². The van der Waals surface area contributed by atoms with Gasteiger partial charge < -0.3 is 4.74 Å². The molecule has 2 heteroatoms. The molecule has 0 amide bonds. The summed E-state index contributed by atoms with van der Waals surface area (Å²) in [6, 6.07) is 0.490. The first-order chi connectivity index (χ1) is 4.08.